The second-order valence-corrected chi connectivity index (χ2v) is 4.30. The van der Waals surface area contributed by atoms with Crippen molar-refractivity contribution >= 4 is 11.3 Å². The number of hydrogen-bond acceptors (Lipinski definition) is 3. The standard InChI is InChI=1S/C11H11FN2S/c1-7-10(6-13)15-11(14-7)8-4-2-3-5-9(8)12/h2-5H,6,13H2,1H3. The molecule has 0 saturated carbocycles. The molecule has 1 aromatic carbocycles. The molecule has 0 unspecified atom stereocenters. The summed E-state index contributed by atoms with van der Waals surface area (Å²) >= 11 is 1.45. The van der Waals surface area contributed by atoms with Gasteiger partial charge in [0.1, 0.15) is 10.8 Å². The summed E-state index contributed by atoms with van der Waals surface area (Å²) in [4.78, 5) is 5.32. The first-order chi connectivity index (χ1) is 7.22. The minimum Gasteiger partial charge on any atom is -0.326 e. The van der Waals surface area contributed by atoms with Crippen LogP contribution in [0.2, 0.25) is 0 Å². The molecule has 0 amide bonds. The van der Waals surface area contributed by atoms with Gasteiger partial charge in [0.25, 0.3) is 0 Å². The average Bonchev–Trinajstić information content (AvgIpc) is 2.60. The Hall–Kier alpha value is -1.26. The van der Waals surface area contributed by atoms with Crippen LogP contribution in [0.15, 0.2) is 24.3 Å². The Kier molecular flexibility index (Phi) is 2.79. The quantitative estimate of drug-likeness (QED) is 0.848. The van der Waals surface area contributed by atoms with E-state index >= 15 is 0 Å². The van der Waals surface area contributed by atoms with Crippen molar-refractivity contribution in [2.45, 2.75) is 13.5 Å². The summed E-state index contributed by atoms with van der Waals surface area (Å²) in [5.41, 5.74) is 6.99. The van der Waals surface area contributed by atoms with Crippen LogP contribution in [-0.4, -0.2) is 4.98 Å². The zero-order valence-electron chi connectivity index (χ0n) is 8.33. The van der Waals surface area contributed by atoms with E-state index in [1.54, 1.807) is 18.2 Å². The van der Waals surface area contributed by atoms with E-state index in [1.807, 2.05) is 6.92 Å². The number of hydrogen-bond donors (Lipinski definition) is 1. The summed E-state index contributed by atoms with van der Waals surface area (Å²) in [6, 6.07) is 6.64. The Morgan fingerprint density at radius 2 is 2.13 bits per heavy atom. The highest BCUT2D eigenvalue weighted by Crippen LogP contribution is 2.29. The first-order valence-corrected chi connectivity index (χ1v) is 5.45. The van der Waals surface area contributed by atoms with Crippen LogP contribution in [0.4, 0.5) is 4.39 Å². The smallest absolute Gasteiger partial charge is 0.133 e. The van der Waals surface area contributed by atoms with Crippen molar-refractivity contribution in [3.63, 3.8) is 0 Å². The summed E-state index contributed by atoms with van der Waals surface area (Å²) in [6.07, 6.45) is 0. The van der Waals surface area contributed by atoms with Crippen LogP contribution in [0.1, 0.15) is 10.6 Å². The van der Waals surface area contributed by atoms with E-state index in [-0.39, 0.29) is 5.82 Å². The van der Waals surface area contributed by atoms with E-state index in [0.29, 0.717) is 17.1 Å². The van der Waals surface area contributed by atoms with Crippen LogP contribution >= 0.6 is 11.3 Å². The van der Waals surface area contributed by atoms with Crippen molar-refractivity contribution in [3.05, 3.63) is 40.7 Å². The van der Waals surface area contributed by atoms with Gasteiger partial charge in [-0.15, -0.1) is 11.3 Å². The van der Waals surface area contributed by atoms with Crippen molar-refractivity contribution in [2.75, 3.05) is 0 Å². The summed E-state index contributed by atoms with van der Waals surface area (Å²) in [6.45, 7) is 2.35. The number of halogens is 1. The maximum atomic E-state index is 13.5. The lowest BCUT2D eigenvalue weighted by Gasteiger charge is -1.96. The summed E-state index contributed by atoms with van der Waals surface area (Å²) in [7, 11) is 0. The molecule has 0 bridgehead atoms. The molecule has 0 fully saturated rings. The number of aryl methyl sites for hydroxylation is 1. The Labute approximate surface area is 91.6 Å². The zero-order chi connectivity index (χ0) is 10.8. The predicted octanol–water partition coefficient (Wildman–Crippen LogP) is 2.72. The number of benzene rings is 1. The molecule has 15 heavy (non-hydrogen) atoms. The van der Waals surface area contributed by atoms with Crippen molar-refractivity contribution in [1.82, 2.24) is 4.98 Å². The molecular formula is C11H11FN2S. The van der Waals surface area contributed by atoms with Crippen LogP contribution in [0.3, 0.4) is 0 Å². The Balaban J connectivity index is 2.50. The number of thiazole rings is 1. The molecule has 4 heteroatoms. The molecule has 0 aliphatic carbocycles. The fourth-order valence-electron chi connectivity index (χ4n) is 1.37. The van der Waals surface area contributed by atoms with Gasteiger partial charge >= 0.3 is 0 Å². The van der Waals surface area contributed by atoms with E-state index in [4.69, 9.17) is 5.73 Å². The second-order valence-electron chi connectivity index (χ2n) is 3.21. The highest BCUT2D eigenvalue weighted by molar-refractivity contribution is 7.15. The van der Waals surface area contributed by atoms with Crippen molar-refractivity contribution in [2.24, 2.45) is 5.73 Å². The second kappa shape index (κ2) is 4.08. The normalized spacial score (nSPS) is 10.6. The van der Waals surface area contributed by atoms with Crippen molar-refractivity contribution < 1.29 is 4.39 Å². The molecule has 0 aliphatic rings. The van der Waals surface area contributed by atoms with Gasteiger partial charge in [-0.1, -0.05) is 12.1 Å². The minimum absolute atomic E-state index is 0.241. The zero-order valence-corrected chi connectivity index (χ0v) is 9.14. The molecule has 1 heterocycles. The number of rotatable bonds is 2. The molecule has 0 radical (unpaired) electrons. The van der Waals surface area contributed by atoms with E-state index < -0.39 is 0 Å². The molecule has 1 aromatic heterocycles. The van der Waals surface area contributed by atoms with E-state index in [9.17, 15) is 4.39 Å². The third-order valence-electron chi connectivity index (χ3n) is 2.18. The largest absolute Gasteiger partial charge is 0.326 e. The highest BCUT2D eigenvalue weighted by atomic mass is 32.1. The van der Waals surface area contributed by atoms with Crippen LogP contribution in [0, 0.1) is 12.7 Å². The fraction of sp³-hybridized carbons (Fsp3) is 0.182. The maximum absolute atomic E-state index is 13.5. The van der Waals surface area contributed by atoms with E-state index in [0.717, 1.165) is 10.6 Å². The van der Waals surface area contributed by atoms with Gasteiger partial charge < -0.3 is 5.73 Å². The number of nitrogens with two attached hydrogens (primary N) is 1. The molecule has 0 aliphatic heterocycles. The molecule has 78 valence electrons. The summed E-state index contributed by atoms with van der Waals surface area (Å²) < 4.78 is 13.5. The monoisotopic (exact) mass is 222 g/mol. The van der Waals surface area contributed by atoms with Crippen molar-refractivity contribution in [1.29, 1.82) is 0 Å². The first kappa shape index (κ1) is 10.3. The van der Waals surface area contributed by atoms with Crippen molar-refractivity contribution in [3.8, 4) is 10.6 Å². The minimum atomic E-state index is -0.241. The van der Waals surface area contributed by atoms with Crippen LogP contribution in [-0.2, 0) is 6.54 Å². The Bertz CT molecular complexity index is 479. The van der Waals surface area contributed by atoms with Crippen LogP contribution < -0.4 is 5.73 Å². The topological polar surface area (TPSA) is 38.9 Å². The number of nitrogens with zero attached hydrogens (tertiary/aromatic N) is 1. The third-order valence-corrected chi connectivity index (χ3v) is 3.40. The van der Waals surface area contributed by atoms with Gasteiger partial charge in [-0.3, -0.25) is 0 Å². The van der Waals surface area contributed by atoms with Gasteiger partial charge in [0.2, 0.25) is 0 Å². The summed E-state index contributed by atoms with van der Waals surface area (Å²) in [5.74, 6) is -0.241. The van der Waals surface area contributed by atoms with E-state index in [2.05, 4.69) is 4.98 Å². The van der Waals surface area contributed by atoms with Gasteiger partial charge in [0.15, 0.2) is 0 Å². The molecule has 2 nitrogen and oxygen atoms in total. The Morgan fingerprint density at radius 1 is 1.40 bits per heavy atom. The highest BCUT2D eigenvalue weighted by Gasteiger charge is 2.11. The average molecular weight is 222 g/mol. The molecule has 0 spiro atoms. The lowest BCUT2D eigenvalue weighted by atomic mass is 10.2. The molecule has 2 rings (SSSR count). The van der Waals surface area contributed by atoms with Crippen LogP contribution in [0.5, 0.6) is 0 Å². The van der Waals surface area contributed by atoms with Crippen LogP contribution in [0.25, 0.3) is 10.6 Å². The first-order valence-electron chi connectivity index (χ1n) is 4.63. The lowest BCUT2D eigenvalue weighted by molar-refractivity contribution is 0.631. The maximum Gasteiger partial charge on any atom is 0.133 e. The van der Waals surface area contributed by atoms with Gasteiger partial charge in [0, 0.05) is 17.0 Å². The SMILES string of the molecule is Cc1nc(-c2ccccc2F)sc1CN. The summed E-state index contributed by atoms with van der Waals surface area (Å²) in [5, 5.41) is 0.700. The van der Waals surface area contributed by atoms with Gasteiger partial charge in [0.05, 0.1) is 5.69 Å². The Morgan fingerprint density at radius 3 is 2.73 bits per heavy atom. The lowest BCUT2D eigenvalue weighted by Crippen LogP contribution is -1.94. The predicted molar refractivity (Wildman–Crippen MR) is 60.1 cm³/mol. The fourth-order valence-corrected chi connectivity index (χ4v) is 2.34. The van der Waals surface area contributed by atoms with Gasteiger partial charge in [-0.25, -0.2) is 9.37 Å². The van der Waals surface area contributed by atoms with Gasteiger partial charge in [-0.2, -0.15) is 0 Å². The molecular weight excluding hydrogens is 211 g/mol. The number of aromatic nitrogens is 1. The van der Waals surface area contributed by atoms with E-state index in [1.165, 1.54) is 17.4 Å². The van der Waals surface area contributed by atoms with Gasteiger partial charge in [-0.05, 0) is 19.1 Å². The molecule has 0 saturated heterocycles. The molecule has 2 aromatic rings. The molecule has 2 N–H and O–H groups in total. The molecule has 0 atom stereocenters. The third kappa shape index (κ3) is 1.91.